The van der Waals surface area contributed by atoms with Crippen LogP contribution in [0.5, 0.6) is 0 Å². The molecule has 0 aliphatic heterocycles. The number of aryl methyl sites for hydroxylation is 1. The molecule has 2 aromatic rings. The van der Waals surface area contributed by atoms with Crippen molar-refractivity contribution in [3.8, 4) is 0 Å². The van der Waals surface area contributed by atoms with E-state index in [9.17, 15) is 9.70 Å². The molecule has 2 rings (SSSR count). The van der Waals surface area contributed by atoms with E-state index in [1.807, 2.05) is 27.7 Å². The first-order chi connectivity index (χ1) is 8.70. The molecule has 1 N–H and O–H groups in total. The molecule has 0 aliphatic carbocycles. The van der Waals surface area contributed by atoms with Gasteiger partial charge in [-0.05, 0) is 24.2 Å². The normalized spacial score (nSPS) is 8.72. The highest BCUT2D eigenvalue weighted by atomic mass is 16.3. The Morgan fingerprint density at radius 2 is 1.78 bits per heavy atom. The van der Waals surface area contributed by atoms with Crippen LogP contribution in [0.3, 0.4) is 0 Å². The van der Waals surface area contributed by atoms with Crippen LogP contribution in [0, 0.1) is 11.8 Å². The summed E-state index contributed by atoms with van der Waals surface area (Å²) in [4.78, 5) is 28.0. The number of nitrogens with one attached hydrogen (secondary N) is 1. The average molecular weight is 249 g/mol. The number of aromatic nitrogens is 2. The van der Waals surface area contributed by atoms with Crippen molar-refractivity contribution >= 4 is 16.7 Å². The average Bonchev–Trinajstić information content (AvgIpc) is 2.44. The van der Waals surface area contributed by atoms with Gasteiger partial charge in [-0.2, -0.15) is 0 Å². The lowest BCUT2D eigenvalue weighted by molar-refractivity contribution is 1.18. The van der Waals surface area contributed by atoms with Gasteiger partial charge in [-0.15, -0.1) is 4.91 Å². The lowest BCUT2D eigenvalue weighted by Gasteiger charge is -1.97. The Balaban J connectivity index is 0.000000659. The van der Waals surface area contributed by atoms with E-state index in [4.69, 9.17) is 0 Å². The molecule has 0 amide bonds. The SMILES string of the molecule is CC.CC.Cc1ccc2cc(N=O)[nH]c(=O)c2n1. The third-order valence-corrected chi connectivity index (χ3v) is 1.91. The van der Waals surface area contributed by atoms with Gasteiger partial charge in [0, 0.05) is 11.1 Å². The fourth-order valence-corrected chi connectivity index (χ4v) is 1.27. The molecule has 0 atom stereocenters. The quantitative estimate of drug-likeness (QED) is 0.783. The number of nitroso groups, excluding NO2 is 1. The fourth-order valence-electron chi connectivity index (χ4n) is 1.27. The summed E-state index contributed by atoms with van der Waals surface area (Å²) < 4.78 is 0. The monoisotopic (exact) mass is 249 g/mol. The molecule has 0 unspecified atom stereocenters. The van der Waals surface area contributed by atoms with E-state index in [-0.39, 0.29) is 11.4 Å². The second-order valence-electron chi connectivity index (χ2n) is 2.97. The minimum atomic E-state index is -0.388. The first-order valence-corrected chi connectivity index (χ1v) is 6.05. The van der Waals surface area contributed by atoms with E-state index < -0.39 is 0 Å². The summed E-state index contributed by atoms with van der Waals surface area (Å²) in [7, 11) is 0. The second kappa shape index (κ2) is 8.11. The Hall–Kier alpha value is -2.04. The Labute approximate surface area is 106 Å². The molecular weight excluding hydrogens is 230 g/mol. The van der Waals surface area contributed by atoms with Gasteiger partial charge in [-0.3, -0.25) is 4.79 Å². The molecule has 0 saturated heterocycles. The number of fused-ring (bicyclic) bond motifs is 1. The molecule has 0 aliphatic rings. The zero-order chi connectivity index (χ0) is 14.1. The summed E-state index contributed by atoms with van der Waals surface area (Å²) in [6.45, 7) is 9.80. The van der Waals surface area contributed by atoms with Gasteiger partial charge in [0.25, 0.3) is 5.56 Å². The number of H-pyrrole nitrogens is 1. The van der Waals surface area contributed by atoms with Gasteiger partial charge in [0.15, 0.2) is 5.82 Å². The molecule has 0 radical (unpaired) electrons. The maximum Gasteiger partial charge on any atom is 0.276 e. The summed E-state index contributed by atoms with van der Waals surface area (Å²) >= 11 is 0. The minimum absolute atomic E-state index is 0.0214. The van der Waals surface area contributed by atoms with Gasteiger partial charge in [0.1, 0.15) is 5.52 Å². The zero-order valence-electron chi connectivity index (χ0n) is 11.4. The third-order valence-electron chi connectivity index (χ3n) is 1.91. The number of hydrogen-bond donors (Lipinski definition) is 1. The van der Waals surface area contributed by atoms with Crippen molar-refractivity contribution in [3.63, 3.8) is 0 Å². The first-order valence-electron chi connectivity index (χ1n) is 6.05. The molecule has 2 heterocycles. The summed E-state index contributed by atoms with van der Waals surface area (Å²) in [5.41, 5.74) is 0.702. The van der Waals surface area contributed by atoms with E-state index in [1.54, 1.807) is 19.1 Å². The number of nitrogens with zero attached hydrogens (tertiary/aromatic N) is 2. The lowest BCUT2D eigenvalue weighted by Crippen LogP contribution is -2.07. The number of aromatic amines is 1. The van der Waals surface area contributed by atoms with E-state index >= 15 is 0 Å². The van der Waals surface area contributed by atoms with Gasteiger partial charge in [-0.1, -0.05) is 33.8 Å². The lowest BCUT2D eigenvalue weighted by atomic mass is 10.2. The van der Waals surface area contributed by atoms with E-state index in [0.29, 0.717) is 10.9 Å². The smallest absolute Gasteiger partial charge is 0.276 e. The molecule has 5 nitrogen and oxygen atoms in total. The molecule has 5 heteroatoms. The molecular formula is C13H19N3O2. The second-order valence-corrected chi connectivity index (χ2v) is 2.97. The predicted octanol–water partition coefficient (Wildman–Crippen LogP) is 3.68. The van der Waals surface area contributed by atoms with Gasteiger partial charge in [0.05, 0.1) is 0 Å². The van der Waals surface area contributed by atoms with Crippen molar-refractivity contribution in [1.82, 2.24) is 9.97 Å². The first kappa shape index (κ1) is 16.0. The van der Waals surface area contributed by atoms with Crippen LogP contribution in [0.1, 0.15) is 33.4 Å². The fraction of sp³-hybridized carbons (Fsp3) is 0.385. The van der Waals surface area contributed by atoms with Crippen molar-refractivity contribution in [1.29, 1.82) is 0 Å². The topological polar surface area (TPSA) is 75.2 Å². The van der Waals surface area contributed by atoms with Gasteiger partial charge in [0.2, 0.25) is 0 Å². The van der Waals surface area contributed by atoms with Gasteiger partial charge < -0.3 is 4.98 Å². The Bertz CT molecular complexity index is 562. The molecule has 0 spiro atoms. The van der Waals surface area contributed by atoms with Gasteiger partial charge >= 0.3 is 0 Å². The number of pyridine rings is 2. The summed E-state index contributed by atoms with van der Waals surface area (Å²) in [6, 6.07) is 5.01. The van der Waals surface area contributed by atoms with Crippen molar-refractivity contribution in [2.75, 3.05) is 0 Å². The third kappa shape index (κ3) is 3.76. The Morgan fingerprint density at radius 1 is 1.17 bits per heavy atom. The molecule has 0 fully saturated rings. The zero-order valence-corrected chi connectivity index (χ0v) is 11.4. The van der Waals surface area contributed by atoms with Crippen LogP contribution in [-0.2, 0) is 0 Å². The number of hydrogen-bond acceptors (Lipinski definition) is 4. The Kier molecular flexibility index (Phi) is 7.19. The van der Waals surface area contributed by atoms with Crippen molar-refractivity contribution in [2.24, 2.45) is 5.18 Å². The summed E-state index contributed by atoms with van der Waals surface area (Å²) in [6.07, 6.45) is 0. The van der Waals surface area contributed by atoms with Crippen LogP contribution < -0.4 is 5.56 Å². The van der Waals surface area contributed by atoms with Crippen molar-refractivity contribution < 1.29 is 0 Å². The van der Waals surface area contributed by atoms with E-state index in [0.717, 1.165) is 5.69 Å². The molecule has 18 heavy (non-hydrogen) atoms. The standard InChI is InChI=1S/C9H7N3O2.2C2H6/c1-5-2-3-6-4-7(12-14)11-9(13)8(6)10-5;2*1-2/h2-4H,1H3,(H,11,13);2*1-2H3. The maximum atomic E-state index is 11.4. The maximum absolute atomic E-state index is 11.4. The molecule has 2 aromatic heterocycles. The predicted molar refractivity (Wildman–Crippen MR) is 75.3 cm³/mol. The van der Waals surface area contributed by atoms with Crippen LogP contribution in [0.4, 0.5) is 5.82 Å². The van der Waals surface area contributed by atoms with Crippen LogP contribution in [-0.4, -0.2) is 9.97 Å². The van der Waals surface area contributed by atoms with Crippen LogP contribution in [0.25, 0.3) is 10.9 Å². The minimum Gasteiger partial charge on any atom is -0.302 e. The molecule has 0 aromatic carbocycles. The Morgan fingerprint density at radius 3 is 2.33 bits per heavy atom. The van der Waals surface area contributed by atoms with E-state index in [1.165, 1.54) is 6.07 Å². The van der Waals surface area contributed by atoms with E-state index in [2.05, 4.69) is 15.1 Å². The summed E-state index contributed by atoms with van der Waals surface area (Å²) in [5, 5.41) is 3.29. The highest BCUT2D eigenvalue weighted by molar-refractivity contribution is 5.79. The highest BCUT2D eigenvalue weighted by Crippen LogP contribution is 2.13. The van der Waals surface area contributed by atoms with Gasteiger partial charge in [-0.25, -0.2) is 4.98 Å². The molecule has 0 bridgehead atoms. The summed E-state index contributed by atoms with van der Waals surface area (Å²) in [5.74, 6) is 0.0214. The van der Waals surface area contributed by atoms with Crippen LogP contribution >= 0.6 is 0 Å². The van der Waals surface area contributed by atoms with Crippen LogP contribution in [0.2, 0.25) is 0 Å². The molecule has 0 saturated carbocycles. The van der Waals surface area contributed by atoms with Crippen molar-refractivity contribution in [3.05, 3.63) is 39.2 Å². The molecule has 98 valence electrons. The number of rotatable bonds is 1. The highest BCUT2D eigenvalue weighted by Gasteiger charge is 2.03. The van der Waals surface area contributed by atoms with Crippen molar-refractivity contribution in [2.45, 2.75) is 34.6 Å². The largest absolute Gasteiger partial charge is 0.302 e. The van der Waals surface area contributed by atoms with Crippen LogP contribution in [0.15, 0.2) is 28.2 Å².